The van der Waals surface area contributed by atoms with E-state index in [0.717, 1.165) is 24.1 Å². The number of aromatic nitrogens is 2. The van der Waals surface area contributed by atoms with Crippen LogP contribution in [0.5, 0.6) is 5.88 Å². The van der Waals surface area contributed by atoms with Gasteiger partial charge in [-0.15, -0.1) is 0 Å². The quantitative estimate of drug-likeness (QED) is 0.519. The number of nitrogens with zero attached hydrogens (tertiary/aromatic N) is 3. The summed E-state index contributed by atoms with van der Waals surface area (Å²) in [6, 6.07) is 8.63. The van der Waals surface area contributed by atoms with Crippen molar-refractivity contribution in [1.29, 1.82) is 0 Å². The van der Waals surface area contributed by atoms with E-state index in [1.165, 1.54) is 18.2 Å². The second kappa shape index (κ2) is 9.09. The van der Waals surface area contributed by atoms with Gasteiger partial charge in [-0.2, -0.15) is 4.98 Å². The summed E-state index contributed by atoms with van der Waals surface area (Å²) in [5, 5.41) is 7.05. The second-order valence-electron chi connectivity index (χ2n) is 7.69. The highest BCUT2D eigenvalue weighted by Crippen LogP contribution is 2.37. The van der Waals surface area contributed by atoms with Crippen molar-refractivity contribution >= 4 is 52.4 Å². The van der Waals surface area contributed by atoms with E-state index in [2.05, 4.69) is 20.6 Å². The number of anilines is 3. The van der Waals surface area contributed by atoms with E-state index < -0.39 is 5.97 Å². The van der Waals surface area contributed by atoms with Crippen LogP contribution in [-0.4, -0.2) is 42.2 Å². The summed E-state index contributed by atoms with van der Waals surface area (Å²) in [6.07, 6.45) is 2.11. The SMILES string of the molecule is COC(=O)c1cc(Nc2ncc3c(n2)OCN(c2c(Cl)cccc2Cl)C3=O)cc2c1CCNC2. The highest BCUT2D eigenvalue weighted by molar-refractivity contribution is 6.40. The number of halogens is 2. The fourth-order valence-electron chi connectivity index (χ4n) is 4.04. The van der Waals surface area contributed by atoms with Gasteiger partial charge in [0.25, 0.3) is 5.91 Å². The Bertz CT molecular complexity index is 1300. The minimum absolute atomic E-state index is 0.108. The number of para-hydroxylation sites is 1. The third-order valence-electron chi connectivity index (χ3n) is 5.64. The Morgan fingerprint density at radius 1 is 1.26 bits per heavy atom. The van der Waals surface area contributed by atoms with Crippen molar-refractivity contribution in [2.75, 3.05) is 30.6 Å². The highest BCUT2D eigenvalue weighted by atomic mass is 35.5. The zero-order valence-corrected chi connectivity index (χ0v) is 19.5. The summed E-state index contributed by atoms with van der Waals surface area (Å²) < 4.78 is 10.7. The first-order chi connectivity index (χ1) is 16.5. The normalized spacial score (nSPS) is 14.7. The van der Waals surface area contributed by atoms with Crippen LogP contribution in [0.3, 0.4) is 0 Å². The van der Waals surface area contributed by atoms with Crippen molar-refractivity contribution in [3.8, 4) is 5.88 Å². The lowest BCUT2D eigenvalue weighted by Gasteiger charge is -2.29. The summed E-state index contributed by atoms with van der Waals surface area (Å²) in [4.78, 5) is 35.4. The van der Waals surface area contributed by atoms with Gasteiger partial charge in [0.2, 0.25) is 11.8 Å². The molecule has 0 saturated heterocycles. The monoisotopic (exact) mass is 499 g/mol. The number of amides is 1. The van der Waals surface area contributed by atoms with Crippen molar-refractivity contribution in [1.82, 2.24) is 15.3 Å². The average molecular weight is 500 g/mol. The summed E-state index contributed by atoms with van der Waals surface area (Å²) in [5.41, 5.74) is 3.62. The summed E-state index contributed by atoms with van der Waals surface area (Å²) in [6.45, 7) is 1.32. The predicted octanol–water partition coefficient (Wildman–Crippen LogP) is 3.96. The Morgan fingerprint density at radius 3 is 2.82 bits per heavy atom. The van der Waals surface area contributed by atoms with Gasteiger partial charge in [-0.25, -0.2) is 9.78 Å². The lowest BCUT2D eigenvalue weighted by Crippen LogP contribution is -2.39. The van der Waals surface area contributed by atoms with Gasteiger partial charge in [-0.3, -0.25) is 9.69 Å². The number of benzene rings is 2. The van der Waals surface area contributed by atoms with Gasteiger partial charge < -0.3 is 20.1 Å². The van der Waals surface area contributed by atoms with Crippen LogP contribution in [-0.2, 0) is 17.7 Å². The lowest BCUT2D eigenvalue weighted by molar-refractivity contribution is 0.0599. The molecule has 0 atom stereocenters. The van der Waals surface area contributed by atoms with Crippen LogP contribution < -0.4 is 20.3 Å². The van der Waals surface area contributed by atoms with E-state index in [0.29, 0.717) is 33.5 Å². The number of rotatable bonds is 4. The number of nitrogens with one attached hydrogen (secondary N) is 2. The van der Waals surface area contributed by atoms with E-state index in [1.807, 2.05) is 6.07 Å². The van der Waals surface area contributed by atoms with Crippen LogP contribution in [0.4, 0.5) is 17.3 Å². The molecule has 0 radical (unpaired) electrons. The average Bonchev–Trinajstić information content (AvgIpc) is 2.84. The van der Waals surface area contributed by atoms with E-state index in [9.17, 15) is 9.59 Å². The maximum Gasteiger partial charge on any atom is 0.338 e. The number of carbonyl (C=O) groups is 2. The van der Waals surface area contributed by atoms with Crippen LogP contribution in [0.25, 0.3) is 0 Å². The van der Waals surface area contributed by atoms with Crippen LogP contribution in [0.15, 0.2) is 36.5 Å². The van der Waals surface area contributed by atoms with Gasteiger partial charge in [0, 0.05) is 18.4 Å². The first-order valence-corrected chi connectivity index (χ1v) is 11.2. The van der Waals surface area contributed by atoms with Crippen molar-refractivity contribution < 1.29 is 19.1 Å². The molecule has 34 heavy (non-hydrogen) atoms. The standard InChI is InChI=1S/C23H19Cl2N5O4/c1-33-22(32)15-8-13(7-12-9-26-6-5-14(12)15)28-23-27-10-16-20(29-23)34-11-30(21(16)31)19-17(24)3-2-4-18(19)25/h2-4,7-8,10,26H,5-6,9,11H2,1H3,(H,27,28,29). The zero-order chi connectivity index (χ0) is 23.8. The van der Waals surface area contributed by atoms with E-state index >= 15 is 0 Å². The summed E-state index contributed by atoms with van der Waals surface area (Å²) in [5.74, 6) is -0.430. The van der Waals surface area contributed by atoms with Crippen molar-refractivity contribution in [3.05, 3.63) is 68.8 Å². The van der Waals surface area contributed by atoms with E-state index in [4.69, 9.17) is 32.7 Å². The third kappa shape index (κ3) is 4.02. The molecule has 2 N–H and O–H groups in total. The fraction of sp³-hybridized carbons (Fsp3) is 0.217. The Kier molecular flexibility index (Phi) is 5.99. The Hall–Kier alpha value is -3.40. The lowest BCUT2D eigenvalue weighted by atomic mass is 9.94. The molecule has 2 aromatic carbocycles. The van der Waals surface area contributed by atoms with Gasteiger partial charge in [-0.05, 0) is 48.4 Å². The molecular weight excluding hydrogens is 481 g/mol. The van der Waals surface area contributed by atoms with E-state index in [-0.39, 0.29) is 30.0 Å². The van der Waals surface area contributed by atoms with Crippen LogP contribution >= 0.6 is 23.2 Å². The third-order valence-corrected chi connectivity index (χ3v) is 6.25. The van der Waals surface area contributed by atoms with E-state index in [1.54, 1.807) is 24.3 Å². The Balaban J connectivity index is 1.43. The molecule has 2 aliphatic rings. The highest BCUT2D eigenvalue weighted by Gasteiger charge is 2.31. The minimum atomic E-state index is -0.402. The molecule has 0 fully saturated rings. The van der Waals surface area contributed by atoms with Gasteiger partial charge in [0.1, 0.15) is 5.56 Å². The molecule has 1 amide bonds. The minimum Gasteiger partial charge on any atom is -0.465 e. The van der Waals surface area contributed by atoms with Crippen molar-refractivity contribution in [2.45, 2.75) is 13.0 Å². The molecule has 2 aliphatic heterocycles. The fourth-order valence-corrected chi connectivity index (χ4v) is 4.64. The molecule has 0 aliphatic carbocycles. The molecule has 3 aromatic rings. The smallest absolute Gasteiger partial charge is 0.338 e. The zero-order valence-electron chi connectivity index (χ0n) is 18.0. The molecule has 5 rings (SSSR count). The molecular formula is C23H19Cl2N5O4. The Labute approximate surface area is 205 Å². The number of methoxy groups -OCH3 is 1. The van der Waals surface area contributed by atoms with Crippen LogP contribution in [0.1, 0.15) is 31.8 Å². The van der Waals surface area contributed by atoms with Gasteiger partial charge in [-0.1, -0.05) is 29.3 Å². The molecule has 1 aromatic heterocycles. The Morgan fingerprint density at radius 2 is 2.06 bits per heavy atom. The molecule has 11 heteroatoms. The van der Waals surface area contributed by atoms with Gasteiger partial charge in [0.05, 0.1) is 28.4 Å². The number of carbonyl (C=O) groups excluding carboxylic acids is 2. The molecule has 174 valence electrons. The first-order valence-electron chi connectivity index (χ1n) is 10.4. The molecule has 0 saturated carbocycles. The second-order valence-corrected chi connectivity index (χ2v) is 8.51. The number of fused-ring (bicyclic) bond motifs is 2. The molecule has 0 bridgehead atoms. The largest absolute Gasteiger partial charge is 0.465 e. The summed E-state index contributed by atoms with van der Waals surface area (Å²) in [7, 11) is 1.36. The predicted molar refractivity (Wildman–Crippen MR) is 127 cm³/mol. The number of hydrogen-bond acceptors (Lipinski definition) is 8. The molecule has 0 unspecified atom stereocenters. The number of esters is 1. The maximum absolute atomic E-state index is 13.1. The molecule has 0 spiro atoms. The van der Waals surface area contributed by atoms with Gasteiger partial charge >= 0.3 is 5.97 Å². The number of ether oxygens (including phenoxy) is 2. The van der Waals surface area contributed by atoms with Crippen molar-refractivity contribution in [3.63, 3.8) is 0 Å². The summed E-state index contributed by atoms with van der Waals surface area (Å²) >= 11 is 12.5. The maximum atomic E-state index is 13.1. The van der Waals surface area contributed by atoms with Gasteiger partial charge in [0.15, 0.2) is 6.73 Å². The van der Waals surface area contributed by atoms with Crippen LogP contribution in [0, 0.1) is 0 Å². The molecule has 9 nitrogen and oxygen atoms in total. The van der Waals surface area contributed by atoms with Crippen molar-refractivity contribution in [2.24, 2.45) is 0 Å². The van der Waals surface area contributed by atoms with Crippen LogP contribution in [0.2, 0.25) is 10.0 Å². The molecule has 3 heterocycles. The topological polar surface area (TPSA) is 106 Å². The number of hydrogen-bond donors (Lipinski definition) is 2. The first kappa shape index (κ1) is 22.4.